The quantitative estimate of drug-likeness (QED) is 0.757. The van der Waals surface area contributed by atoms with Crippen LogP contribution >= 0.6 is 11.6 Å². The van der Waals surface area contributed by atoms with Gasteiger partial charge in [0.25, 0.3) is 0 Å². The Morgan fingerprint density at radius 2 is 2.27 bits per heavy atom. The van der Waals surface area contributed by atoms with Crippen molar-refractivity contribution in [2.45, 2.75) is 6.92 Å². The Kier molecular flexibility index (Phi) is 2.36. The largest absolute Gasteiger partial charge is 0.463 e. The molecule has 0 fully saturated rings. The number of aromatic nitrogens is 2. The number of aryl methyl sites for hydroxylation is 1. The van der Waals surface area contributed by atoms with Gasteiger partial charge in [0.15, 0.2) is 0 Å². The van der Waals surface area contributed by atoms with Gasteiger partial charge in [-0.25, -0.2) is 9.78 Å². The molecule has 1 aromatic carbocycles. The summed E-state index contributed by atoms with van der Waals surface area (Å²) in [6.07, 6.45) is 0. The van der Waals surface area contributed by atoms with Crippen LogP contribution < -0.4 is 0 Å². The number of hydrogen-bond donors (Lipinski definition) is 1. The Hall–Kier alpha value is -1.55. The molecule has 0 aliphatic rings. The molecular weight excluding hydrogens is 216 g/mol. The number of aromatic amines is 1. The molecule has 2 aromatic rings. The van der Waals surface area contributed by atoms with Gasteiger partial charge in [-0.15, -0.1) is 0 Å². The van der Waals surface area contributed by atoms with Crippen LogP contribution in [0.1, 0.15) is 16.2 Å². The molecule has 2 rings (SSSR count). The minimum atomic E-state index is -0.485. The monoisotopic (exact) mass is 224 g/mol. The normalized spacial score (nSPS) is 10.6. The second kappa shape index (κ2) is 3.55. The fourth-order valence-corrected chi connectivity index (χ4v) is 1.53. The Morgan fingerprint density at radius 1 is 1.53 bits per heavy atom. The summed E-state index contributed by atoms with van der Waals surface area (Å²) in [6, 6.07) is 3.54. The molecule has 1 N–H and O–H groups in total. The second-order valence-electron chi connectivity index (χ2n) is 3.15. The van der Waals surface area contributed by atoms with E-state index in [9.17, 15) is 4.79 Å². The molecule has 0 amide bonds. The molecule has 0 aliphatic carbocycles. The van der Waals surface area contributed by atoms with Crippen LogP contribution in [-0.4, -0.2) is 23.0 Å². The van der Waals surface area contributed by atoms with Gasteiger partial charge in [-0.2, -0.15) is 0 Å². The van der Waals surface area contributed by atoms with E-state index in [1.165, 1.54) is 7.11 Å². The number of nitrogens with one attached hydrogen (secondary N) is 1. The second-order valence-corrected chi connectivity index (χ2v) is 3.55. The highest BCUT2D eigenvalue weighted by atomic mass is 35.5. The van der Waals surface area contributed by atoms with E-state index in [1.807, 2.05) is 6.92 Å². The average molecular weight is 225 g/mol. The van der Waals surface area contributed by atoms with E-state index in [-0.39, 0.29) is 5.82 Å². The molecule has 1 heterocycles. The van der Waals surface area contributed by atoms with Crippen LogP contribution in [0.3, 0.4) is 0 Å². The van der Waals surface area contributed by atoms with Crippen LogP contribution in [0.25, 0.3) is 11.0 Å². The molecule has 15 heavy (non-hydrogen) atoms. The topological polar surface area (TPSA) is 55.0 Å². The maximum atomic E-state index is 11.2. The van der Waals surface area contributed by atoms with Crippen molar-refractivity contribution in [3.05, 3.63) is 28.5 Å². The number of carbonyl (C=O) groups is 1. The maximum Gasteiger partial charge on any atom is 0.374 e. The number of methoxy groups -OCH3 is 1. The molecule has 0 spiro atoms. The van der Waals surface area contributed by atoms with Gasteiger partial charge in [0.1, 0.15) is 0 Å². The summed E-state index contributed by atoms with van der Waals surface area (Å²) in [4.78, 5) is 18.2. The van der Waals surface area contributed by atoms with E-state index in [1.54, 1.807) is 12.1 Å². The summed E-state index contributed by atoms with van der Waals surface area (Å²) >= 11 is 5.94. The highest BCUT2D eigenvalue weighted by Crippen LogP contribution is 2.23. The molecule has 0 radical (unpaired) electrons. The molecule has 0 saturated carbocycles. The lowest BCUT2D eigenvalue weighted by Gasteiger charge is -1.95. The summed E-state index contributed by atoms with van der Waals surface area (Å²) in [7, 11) is 1.31. The van der Waals surface area contributed by atoms with Gasteiger partial charge < -0.3 is 9.72 Å². The average Bonchev–Trinajstić information content (AvgIpc) is 2.67. The smallest absolute Gasteiger partial charge is 0.374 e. The van der Waals surface area contributed by atoms with Crippen LogP contribution in [0.15, 0.2) is 12.1 Å². The van der Waals surface area contributed by atoms with Crippen molar-refractivity contribution in [1.82, 2.24) is 9.97 Å². The lowest BCUT2D eigenvalue weighted by atomic mass is 10.2. The highest BCUT2D eigenvalue weighted by Gasteiger charge is 2.13. The van der Waals surface area contributed by atoms with Crippen LogP contribution in [0, 0.1) is 6.92 Å². The Labute approximate surface area is 91.2 Å². The molecule has 0 atom stereocenters. The molecule has 0 bridgehead atoms. The molecule has 4 nitrogen and oxygen atoms in total. The third-order valence-electron chi connectivity index (χ3n) is 2.22. The molecular formula is C10H9ClN2O2. The summed E-state index contributed by atoms with van der Waals surface area (Å²) < 4.78 is 4.57. The summed E-state index contributed by atoms with van der Waals surface area (Å²) in [6.45, 7) is 1.85. The van der Waals surface area contributed by atoms with E-state index in [0.29, 0.717) is 10.5 Å². The zero-order valence-electron chi connectivity index (χ0n) is 8.30. The number of imidazole rings is 1. The Morgan fingerprint density at radius 3 is 2.93 bits per heavy atom. The van der Waals surface area contributed by atoms with Crippen LogP contribution in [0.4, 0.5) is 0 Å². The lowest BCUT2D eigenvalue weighted by Crippen LogP contribution is -2.02. The third kappa shape index (κ3) is 1.57. The van der Waals surface area contributed by atoms with Crippen molar-refractivity contribution in [2.75, 3.05) is 7.11 Å². The fraction of sp³-hybridized carbons (Fsp3) is 0.200. The number of rotatable bonds is 1. The van der Waals surface area contributed by atoms with Crippen molar-refractivity contribution in [3.8, 4) is 0 Å². The zero-order chi connectivity index (χ0) is 11.0. The summed E-state index contributed by atoms with van der Waals surface area (Å²) in [5.74, 6) is -0.292. The number of H-pyrrole nitrogens is 1. The van der Waals surface area contributed by atoms with Crippen molar-refractivity contribution in [1.29, 1.82) is 0 Å². The van der Waals surface area contributed by atoms with Gasteiger partial charge in [0.05, 0.1) is 18.1 Å². The predicted octanol–water partition coefficient (Wildman–Crippen LogP) is 2.31. The number of carbonyl (C=O) groups excluding carboxylic acids is 1. The van der Waals surface area contributed by atoms with Gasteiger partial charge >= 0.3 is 5.97 Å². The van der Waals surface area contributed by atoms with Crippen molar-refractivity contribution in [2.24, 2.45) is 0 Å². The van der Waals surface area contributed by atoms with E-state index in [2.05, 4.69) is 14.7 Å². The minimum Gasteiger partial charge on any atom is -0.463 e. The van der Waals surface area contributed by atoms with Crippen LogP contribution in [0.2, 0.25) is 5.02 Å². The van der Waals surface area contributed by atoms with Crippen LogP contribution in [0.5, 0.6) is 0 Å². The molecule has 78 valence electrons. The SMILES string of the molecule is COC(=O)c1nc2c(C)c(Cl)ccc2[nH]1. The number of esters is 1. The fourth-order valence-electron chi connectivity index (χ4n) is 1.38. The Bertz CT molecular complexity index is 533. The van der Waals surface area contributed by atoms with E-state index >= 15 is 0 Å². The van der Waals surface area contributed by atoms with Gasteiger partial charge in [0.2, 0.25) is 5.82 Å². The number of fused-ring (bicyclic) bond motifs is 1. The highest BCUT2D eigenvalue weighted by molar-refractivity contribution is 6.32. The summed E-state index contributed by atoms with van der Waals surface area (Å²) in [5, 5.41) is 0.630. The van der Waals surface area contributed by atoms with E-state index in [0.717, 1.165) is 11.1 Å². The number of benzene rings is 1. The van der Waals surface area contributed by atoms with Crippen molar-refractivity contribution in [3.63, 3.8) is 0 Å². The Balaban J connectivity index is 2.66. The van der Waals surface area contributed by atoms with E-state index < -0.39 is 5.97 Å². The maximum absolute atomic E-state index is 11.2. The first kappa shape index (κ1) is 9.98. The number of ether oxygens (including phenoxy) is 1. The van der Waals surface area contributed by atoms with Crippen molar-refractivity contribution < 1.29 is 9.53 Å². The standard InChI is InChI=1S/C10H9ClN2O2/c1-5-6(11)3-4-7-8(5)13-9(12-7)10(14)15-2/h3-4H,1-2H3,(H,12,13). The first-order valence-corrected chi connectivity index (χ1v) is 4.74. The zero-order valence-corrected chi connectivity index (χ0v) is 9.05. The van der Waals surface area contributed by atoms with Gasteiger partial charge in [-0.3, -0.25) is 0 Å². The minimum absolute atomic E-state index is 0.192. The molecule has 5 heteroatoms. The van der Waals surface area contributed by atoms with Gasteiger partial charge in [-0.1, -0.05) is 11.6 Å². The molecule has 0 aliphatic heterocycles. The van der Waals surface area contributed by atoms with Crippen molar-refractivity contribution >= 4 is 28.6 Å². The number of nitrogens with zero attached hydrogens (tertiary/aromatic N) is 1. The number of halogens is 1. The third-order valence-corrected chi connectivity index (χ3v) is 2.63. The first-order chi connectivity index (χ1) is 7.13. The first-order valence-electron chi connectivity index (χ1n) is 4.36. The van der Waals surface area contributed by atoms with Gasteiger partial charge in [0, 0.05) is 5.02 Å². The molecule has 0 unspecified atom stereocenters. The molecule has 0 saturated heterocycles. The van der Waals surface area contributed by atoms with Crippen LogP contribution in [-0.2, 0) is 4.74 Å². The van der Waals surface area contributed by atoms with E-state index in [4.69, 9.17) is 11.6 Å². The van der Waals surface area contributed by atoms with Gasteiger partial charge in [-0.05, 0) is 24.6 Å². The lowest BCUT2D eigenvalue weighted by molar-refractivity contribution is 0.0588. The summed E-state index contributed by atoms with van der Waals surface area (Å²) in [5.41, 5.74) is 2.32. The molecule has 1 aromatic heterocycles. The number of hydrogen-bond acceptors (Lipinski definition) is 3. The predicted molar refractivity (Wildman–Crippen MR) is 57.2 cm³/mol.